The first kappa shape index (κ1) is 22.2. The van der Waals surface area contributed by atoms with Crippen molar-refractivity contribution in [1.29, 1.82) is 0 Å². The van der Waals surface area contributed by atoms with Gasteiger partial charge in [0.05, 0.1) is 18.4 Å². The second-order valence-electron chi connectivity index (χ2n) is 7.36. The van der Waals surface area contributed by atoms with Gasteiger partial charge in [-0.2, -0.15) is 0 Å². The number of rotatable bonds is 5. The number of benzene rings is 3. The summed E-state index contributed by atoms with van der Waals surface area (Å²) in [6.45, 7) is 2.05. The number of amides is 1. The summed E-state index contributed by atoms with van der Waals surface area (Å²) in [5.74, 6) is 0.188. The maximum absolute atomic E-state index is 12.6. The second-order valence-corrected chi connectivity index (χ2v) is 7.77. The van der Waals surface area contributed by atoms with Gasteiger partial charge in [0.2, 0.25) is 0 Å². The summed E-state index contributed by atoms with van der Waals surface area (Å²) < 4.78 is 10.9. The molecule has 166 valence electrons. The minimum Gasteiger partial charge on any atom is -0.495 e. The van der Waals surface area contributed by atoms with E-state index in [4.69, 9.17) is 21.4 Å². The molecule has 0 spiro atoms. The molecular weight excluding hydrogens is 436 g/mol. The van der Waals surface area contributed by atoms with E-state index in [0.29, 0.717) is 33.7 Å². The SMILES string of the molecule is CCc1ccc(C(=O)NC(=S)Nc2cc(-c3cc4ccccc4oc3=O)ccc2OC)cc1. The van der Waals surface area contributed by atoms with Crippen molar-refractivity contribution >= 4 is 39.9 Å². The van der Waals surface area contributed by atoms with Gasteiger partial charge < -0.3 is 14.5 Å². The number of carbonyl (C=O) groups excluding carboxylic acids is 1. The van der Waals surface area contributed by atoms with E-state index in [2.05, 4.69) is 17.6 Å². The highest BCUT2D eigenvalue weighted by atomic mass is 32.1. The van der Waals surface area contributed by atoms with Crippen LogP contribution in [-0.4, -0.2) is 18.1 Å². The minimum atomic E-state index is -0.448. The van der Waals surface area contributed by atoms with Crippen molar-refractivity contribution in [2.75, 3.05) is 12.4 Å². The molecule has 7 heteroatoms. The van der Waals surface area contributed by atoms with E-state index in [1.54, 1.807) is 42.5 Å². The topological polar surface area (TPSA) is 80.6 Å². The van der Waals surface area contributed by atoms with Gasteiger partial charge in [0.1, 0.15) is 11.3 Å². The van der Waals surface area contributed by atoms with Crippen molar-refractivity contribution in [3.05, 3.63) is 94.3 Å². The number of fused-ring (bicyclic) bond motifs is 1. The molecule has 0 saturated heterocycles. The predicted octanol–water partition coefficient (Wildman–Crippen LogP) is 5.16. The minimum absolute atomic E-state index is 0.112. The third kappa shape index (κ3) is 4.94. The Bertz CT molecular complexity index is 1390. The van der Waals surface area contributed by atoms with E-state index >= 15 is 0 Å². The van der Waals surface area contributed by atoms with Crippen molar-refractivity contribution in [3.63, 3.8) is 0 Å². The quantitative estimate of drug-likeness (QED) is 0.318. The van der Waals surface area contributed by atoms with Crippen LogP contribution in [0.3, 0.4) is 0 Å². The Kier molecular flexibility index (Phi) is 6.51. The van der Waals surface area contributed by atoms with Crippen molar-refractivity contribution in [1.82, 2.24) is 5.32 Å². The number of thiocarbonyl (C=S) groups is 1. The van der Waals surface area contributed by atoms with Crippen LogP contribution in [0.2, 0.25) is 0 Å². The van der Waals surface area contributed by atoms with Gasteiger partial charge in [-0.05, 0) is 66.2 Å². The van der Waals surface area contributed by atoms with Gasteiger partial charge in [-0.1, -0.05) is 43.3 Å². The van der Waals surface area contributed by atoms with Crippen molar-refractivity contribution in [3.8, 4) is 16.9 Å². The van der Waals surface area contributed by atoms with E-state index < -0.39 is 5.63 Å². The summed E-state index contributed by atoms with van der Waals surface area (Å²) in [5.41, 5.74) is 3.27. The van der Waals surface area contributed by atoms with Crippen LogP contribution in [0.4, 0.5) is 5.69 Å². The van der Waals surface area contributed by atoms with Crippen LogP contribution in [0.25, 0.3) is 22.1 Å². The fourth-order valence-electron chi connectivity index (χ4n) is 3.46. The van der Waals surface area contributed by atoms with E-state index in [-0.39, 0.29) is 11.0 Å². The van der Waals surface area contributed by atoms with Crippen molar-refractivity contribution in [2.45, 2.75) is 13.3 Å². The van der Waals surface area contributed by atoms with Gasteiger partial charge in [0.15, 0.2) is 5.11 Å². The standard InChI is InChI=1S/C26H22N2O4S/c1-3-16-8-10-17(11-9-16)24(29)28-26(33)27-21-15-18(12-13-23(21)31-2)20-14-19-6-4-5-7-22(19)32-25(20)30/h4-15H,3H2,1-2H3,(H2,27,28,29,33). The number of ether oxygens (including phenoxy) is 1. The lowest BCUT2D eigenvalue weighted by molar-refractivity contribution is 0.0977. The van der Waals surface area contributed by atoms with Gasteiger partial charge in [0.25, 0.3) is 5.91 Å². The molecule has 0 unspecified atom stereocenters. The number of methoxy groups -OCH3 is 1. The molecular formula is C26H22N2O4S. The normalized spacial score (nSPS) is 10.6. The Hall–Kier alpha value is -3.97. The maximum Gasteiger partial charge on any atom is 0.344 e. The summed E-state index contributed by atoms with van der Waals surface area (Å²) >= 11 is 5.34. The number of para-hydroxylation sites is 1. The van der Waals surface area contributed by atoms with Gasteiger partial charge >= 0.3 is 5.63 Å². The van der Waals surface area contributed by atoms with Crippen LogP contribution >= 0.6 is 12.2 Å². The fourth-order valence-corrected chi connectivity index (χ4v) is 3.66. The molecule has 0 aliphatic carbocycles. The molecule has 0 radical (unpaired) electrons. The number of hydrogen-bond donors (Lipinski definition) is 2. The molecule has 0 aliphatic rings. The Labute approximate surface area is 196 Å². The first-order valence-electron chi connectivity index (χ1n) is 10.4. The molecule has 4 rings (SSSR count). The Morgan fingerprint density at radius 3 is 2.52 bits per heavy atom. The number of anilines is 1. The van der Waals surface area contributed by atoms with Crippen LogP contribution in [0.15, 0.2) is 82.0 Å². The van der Waals surface area contributed by atoms with Gasteiger partial charge in [-0.25, -0.2) is 4.79 Å². The molecule has 3 aromatic carbocycles. The van der Waals surface area contributed by atoms with Crippen LogP contribution < -0.4 is 21.0 Å². The summed E-state index contributed by atoms with van der Waals surface area (Å²) in [6.07, 6.45) is 0.896. The predicted molar refractivity (Wildman–Crippen MR) is 134 cm³/mol. The number of nitrogens with one attached hydrogen (secondary N) is 2. The van der Waals surface area contributed by atoms with Crippen molar-refractivity contribution < 1.29 is 13.9 Å². The first-order chi connectivity index (χ1) is 16.0. The van der Waals surface area contributed by atoms with E-state index in [0.717, 1.165) is 17.4 Å². The fraction of sp³-hybridized carbons (Fsp3) is 0.115. The van der Waals surface area contributed by atoms with E-state index in [1.165, 1.54) is 7.11 Å². The van der Waals surface area contributed by atoms with Crippen LogP contribution in [0.5, 0.6) is 5.75 Å². The summed E-state index contributed by atoms with van der Waals surface area (Å²) in [4.78, 5) is 25.1. The lowest BCUT2D eigenvalue weighted by atomic mass is 10.0. The van der Waals surface area contributed by atoms with Gasteiger partial charge in [-0.3, -0.25) is 10.1 Å². The lowest BCUT2D eigenvalue weighted by Gasteiger charge is -2.14. The number of aryl methyl sites for hydroxylation is 1. The first-order valence-corrected chi connectivity index (χ1v) is 10.8. The molecule has 0 aliphatic heterocycles. The highest BCUT2D eigenvalue weighted by Gasteiger charge is 2.14. The molecule has 33 heavy (non-hydrogen) atoms. The average molecular weight is 459 g/mol. The molecule has 0 saturated carbocycles. The smallest absolute Gasteiger partial charge is 0.344 e. The van der Waals surface area contributed by atoms with Crippen LogP contribution in [-0.2, 0) is 6.42 Å². The zero-order valence-electron chi connectivity index (χ0n) is 18.2. The van der Waals surface area contributed by atoms with Crippen LogP contribution in [0, 0.1) is 0 Å². The molecule has 1 amide bonds. The van der Waals surface area contributed by atoms with E-state index in [9.17, 15) is 9.59 Å². The third-order valence-corrected chi connectivity index (χ3v) is 5.46. The zero-order chi connectivity index (χ0) is 23.4. The Morgan fingerprint density at radius 2 is 1.79 bits per heavy atom. The molecule has 0 bridgehead atoms. The summed E-state index contributed by atoms with van der Waals surface area (Å²) in [7, 11) is 1.53. The maximum atomic E-state index is 12.6. The summed E-state index contributed by atoms with van der Waals surface area (Å²) in [5, 5.41) is 6.59. The highest BCUT2D eigenvalue weighted by molar-refractivity contribution is 7.80. The Morgan fingerprint density at radius 1 is 1.03 bits per heavy atom. The molecule has 6 nitrogen and oxygen atoms in total. The highest BCUT2D eigenvalue weighted by Crippen LogP contribution is 2.30. The largest absolute Gasteiger partial charge is 0.495 e. The molecule has 0 fully saturated rings. The average Bonchev–Trinajstić information content (AvgIpc) is 2.83. The lowest BCUT2D eigenvalue weighted by Crippen LogP contribution is -2.34. The van der Waals surface area contributed by atoms with Crippen molar-refractivity contribution in [2.24, 2.45) is 0 Å². The molecule has 0 atom stereocenters. The zero-order valence-corrected chi connectivity index (χ0v) is 19.0. The summed E-state index contributed by atoms with van der Waals surface area (Å²) in [6, 6.07) is 21.7. The molecule has 1 heterocycles. The molecule has 1 aromatic heterocycles. The van der Waals surface area contributed by atoms with Crippen LogP contribution in [0.1, 0.15) is 22.8 Å². The third-order valence-electron chi connectivity index (χ3n) is 5.25. The molecule has 2 N–H and O–H groups in total. The number of hydrogen-bond acceptors (Lipinski definition) is 5. The molecule has 4 aromatic rings. The van der Waals surface area contributed by atoms with Gasteiger partial charge in [-0.15, -0.1) is 0 Å². The Balaban J connectivity index is 1.58. The van der Waals surface area contributed by atoms with E-state index in [1.807, 2.05) is 30.3 Å². The second kappa shape index (κ2) is 9.67. The van der Waals surface area contributed by atoms with Gasteiger partial charge in [0, 0.05) is 10.9 Å². The monoisotopic (exact) mass is 458 g/mol. The number of carbonyl (C=O) groups is 1.